The number of carboxylic acid groups (broad SMARTS) is 1. The second kappa shape index (κ2) is 7.21. The third-order valence-corrected chi connectivity index (χ3v) is 6.09. The van der Waals surface area contributed by atoms with Crippen molar-refractivity contribution in [3.05, 3.63) is 24.3 Å². The molecule has 24 heavy (non-hydrogen) atoms. The highest BCUT2D eigenvalue weighted by atomic mass is 32.2. The van der Waals surface area contributed by atoms with Crippen LogP contribution in [0.5, 0.6) is 5.75 Å². The Labute approximate surface area is 141 Å². The standard InChI is InChI=1S/C16H21NO6S/c1-11(15(18)17-8-7-12(9-17)16(19)20)10-24(21,22)14-5-3-13(23-2)4-6-14/h3-6,11-12H,7-10H2,1-2H3,(H,19,20)/t11-,12+/m0/s1. The van der Waals surface area contributed by atoms with E-state index in [0.717, 1.165) is 0 Å². The molecule has 1 N–H and O–H groups in total. The van der Waals surface area contributed by atoms with Gasteiger partial charge in [-0.1, -0.05) is 6.92 Å². The Kier molecular flexibility index (Phi) is 5.48. The lowest BCUT2D eigenvalue weighted by Crippen LogP contribution is -2.36. The van der Waals surface area contributed by atoms with Crippen LogP contribution in [0.3, 0.4) is 0 Å². The third kappa shape index (κ3) is 4.05. The number of nitrogens with zero attached hydrogens (tertiary/aromatic N) is 1. The van der Waals surface area contributed by atoms with Gasteiger partial charge in [-0.2, -0.15) is 0 Å². The molecule has 1 aromatic rings. The highest BCUT2D eigenvalue weighted by Gasteiger charge is 2.34. The largest absolute Gasteiger partial charge is 0.497 e. The Hall–Kier alpha value is -2.09. The zero-order valence-electron chi connectivity index (χ0n) is 13.6. The van der Waals surface area contributed by atoms with Crippen LogP contribution in [-0.4, -0.2) is 56.3 Å². The number of methoxy groups -OCH3 is 1. The van der Waals surface area contributed by atoms with Crippen LogP contribution < -0.4 is 4.74 Å². The molecule has 1 amide bonds. The van der Waals surface area contributed by atoms with E-state index in [1.807, 2.05) is 0 Å². The van der Waals surface area contributed by atoms with Crippen molar-refractivity contribution in [2.45, 2.75) is 18.2 Å². The lowest BCUT2D eigenvalue weighted by Gasteiger charge is -2.20. The molecule has 132 valence electrons. The normalized spacial score (nSPS) is 19.1. The molecule has 0 aromatic heterocycles. The van der Waals surface area contributed by atoms with Gasteiger partial charge < -0.3 is 14.7 Å². The van der Waals surface area contributed by atoms with Gasteiger partial charge in [-0.05, 0) is 30.7 Å². The Morgan fingerprint density at radius 3 is 2.46 bits per heavy atom. The van der Waals surface area contributed by atoms with E-state index < -0.39 is 27.6 Å². The van der Waals surface area contributed by atoms with Gasteiger partial charge in [0.1, 0.15) is 5.75 Å². The summed E-state index contributed by atoms with van der Waals surface area (Å²) in [6, 6.07) is 6.00. The van der Waals surface area contributed by atoms with E-state index in [1.165, 1.54) is 24.1 Å². The Bertz CT molecular complexity index is 713. The van der Waals surface area contributed by atoms with Gasteiger partial charge in [-0.25, -0.2) is 8.42 Å². The van der Waals surface area contributed by atoms with Gasteiger partial charge in [-0.3, -0.25) is 9.59 Å². The Balaban J connectivity index is 2.03. The quantitative estimate of drug-likeness (QED) is 0.818. The van der Waals surface area contributed by atoms with Crippen molar-refractivity contribution >= 4 is 21.7 Å². The first-order chi connectivity index (χ1) is 11.2. The Morgan fingerprint density at radius 1 is 1.33 bits per heavy atom. The van der Waals surface area contributed by atoms with Crippen molar-refractivity contribution in [1.29, 1.82) is 0 Å². The van der Waals surface area contributed by atoms with Gasteiger partial charge in [-0.15, -0.1) is 0 Å². The summed E-state index contributed by atoms with van der Waals surface area (Å²) in [4.78, 5) is 24.9. The van der Waals surface area contributed by atoms with E-state index in [9.17, 15) is 18.0 Å². The molecule has 0 aliphatic carbocycles. The highest BCUT2D eigenvalue weighted by molar-refractivity contribution is 7.91. The van der Waals surface area contributed by atoms with Crippen LogP contribution in [0.25, 0.3) is 0 Å². The minimum Gasteiger partial charge on any atom is -0.497 e. The summed E-state index contributed by atoms with van der Waals surface area (Å²) in [6.07, 6.45) is 0.402. The predicted octanol–water partition coefficient (Wildman–Crippen LogP) is 1.04. The minimum absolute atomic E-state index is 0.132. The number of sulfone groups is 1. The molecule has 2 atom stereocenters. The topological polar surface area (TPSA) is 101 Å². The third-order valence-electron chi connectivity index (χ3n) is 4.16. The maximum absolute atomic E-state index is 12.4. The number of ether oxygens (including phenoxy) is 1. The number of amides is 1. The number of aliphatic carboxylic acids is 1. The number of carbonyl (C=O) groups excluding carboxylic acids is 1. The van der Waals surface area contributed by atoms with E-state index >= 15 is 0 Å². The van der Waals surface area contributed by atoms with Crippen molar-refractivity contribution in [3.8, 4) is 5.75 Å². The molecule has 1 heterocycles. The van der Waals surface area contributed by atoms with Gasteiger partial charge in [0.15, 0.2) is 9.84 Å². The maximum Gasteiger partial charge on any atom is 0.308 e. The first kappa shape index (κ1) is 18.3. The Morgan fingerprint density at radius 2 is 1.96 bits per heavy atom. The van der Waals surface area contributed by atoms with Gasteiger partial charge in [0.25, 0.3) is 0 Å². The average molecular weight is 355 g/mol. The molecule has 1 fully saturated rings. The van der Waals surface area contributed by atoms with E-state index in [1.54, 1.807) is 19.1 Å². The second-order valence-electron chi connectivity index (χ2n) is 5.97. The van der Waals surface area contributed by atoms with Crippen LogP contribution in [0.1, 0.15) is 13.3 Å². The fraction of sp³-hybridized carbons (Fsp3) is 0.500. The lowest BCUT2D eigenvalue weighted by atomic mass is 10.1. The van der Waals surface area contributed by atoms with Gasteiger partial charge >= 0.3 is 5.97 Å². The van der Waals surface area contributed by atoms with Crippen LogP contribution >= 0.6 is 0 Å². The van der Waals surface area contributed by atoms with Crippen LogP contribution in [0.2, 0.25) is 0 Å². The number of carbonyl (C=O) groups is 2. The van der Waals surface area contributed by atoms with E-state index in [0.29, 0.717) is 18.7 Å². The molecule has 2 rings (SSSR count). The number of likely N-dealkylation sites (tertiary alicyclic amines) is 1. The first-order valence-electron chi connectivity index (χ1n) is 7.63. The van der Waals surface area contributed by atoms with Crippen molar-refractivity contribution in [3.63, 3.8) is 0 Å². The lowest BCUT2D eigenvalue weighted by molar-refractivity contribution is -0.141. The minimum atomic E-state index is -3.61. The molecule has 7 nitrogen and oxygen atoms in total. The summed E-state index contributed by atoms with van der Waals surface area (Å²) < 4.78 is 29.9. The van der Waals surface area contributed by atoms with Crippen molar-refractivity contribution < 1.29 is 27.9 Å². The van der Waals surface area contributed by atoms with Crippen LogP contribution in [-0.2, 0) is 19.4 Å². The molecule has 8 heteroatoms. The predicted molar refractivity (Wildman–Crippen MR) is 86.5 cm³/mol. The van der Waals surface area contributed by atoms with Gasteiger partial charge in [0, 0.05) is 19.0 Å². The summed E-state index contributed by atoms with van der Waals surface area (Å²) in [5.74, 6) is -2.31. The van der Waals surface area contributed by atoms with Crippen molar-refractivity contribution in [2.24, 2.45) is 11.8 Å². The number of rotatable bonds is 6. The summed E-state index contributed by atoms with van der Waals surface area (Å²) in [5.41, 5.74) is 0. The first-order valence-corrected chi connectivity index (χ1v) is 9.28. The number of benzene rings is 1. The summed E-state index contributed by atoms with van der Waals surface area (Å²) in [7, 11) is -2.12. The highest BCUT2D eigenvalue weighted by Crippen LogP contribution is 2.22. The van der Waals surface area contributed by atoms with Gasteiger partial charge in [0.2, 0.25) is 5.91 Å². The second-order valence-corrected chi connectivity index (χ2v) is 8.00. The van der Waals surface area contributed by atoms with Gasteiger partial charge in [0.05, 0.1) is 23.7 Å². The molecule has 0 saturated carbocycles. The fourth-order valence-corrected chi connectivity index (χ4v) is 4.30. The van der Waals surface area contributed by atoms with Crippen LogP contribution in [0.15, 0.2) is 29.2 Å². The van der Waals surface area contributed by atoms with E-state index in [-0.39, 0.29) is 23.1 Å². The molecule has 1 aliphatic rings. The van der Waals surface area contributed by atoms with Crippen molar-refractivity contribution in [1.82, 2.24) is 4.90 Å². The molecule has 1 aliphatic heterocycles. The summed E-state index contributed by atoms with van der Waals surface area (Å²) >= 11 is 0. The molecular weight excluding hydrogens is 334 g/mol. The SMILES string of the molecule is COc1ccc(S(=O)(=O)C[C@H](C)C(=O)N2CC[C@@H](C(=O)O)C2)cc1. The monoisotopic (exact) mass is 355 g/mol. The smallest absolute Gasteiger partial charge is 0.308 e. The molecule has 0 radical (unpaired) electrons. The van der Waals surface area contributed by atoms with E-state index in [2.05, 4.69) is 0 Å². The van der Waals surface area contributed by atoms with Crippen molar-refractivity contribution in [2.75, 3.05) is 26.0 Å². The maximum atomic E-state index is 12.4. The average Bonchev–Trinajstić information content (AvgIpc) is 3.04. The van der Waals surface area contributed by atoms with Crippen LogP contribution in [0.4, 0.5) is 0 Å². The number of carboxylic acids is 1. The number of hydrogen-bond acceptors (Lipinski definition) is 5. The molecule has 0 bridgehead atoms. The summed E-state index contributed by atoms with van der Waals surface area (Å²) in [5, 5.41) is 8.99. The molecule has 1 saturated heterocycles. The zero-order chi connectivity index (χ0) is 17.9. The molecular formula is C16H21NO6S. The zero-order valence-corrected chi connectivity index (χ0v) is 14.5. The van der Waals surface area contributed by atoms with E-state index in [4.69, 9.17) is 9.84 Å². The fourth-order valence-electron chi connectivity index (χ4n) is 2.75. The number of hydrogen-bond donors (Lipinski definition) is 1. The molecule has 1 aromatic carbocycles. The molecule has 0 spiro atoms. The summed E-state index contributed by atoms with van der Waals surface area (Å²) in [6.45, 7) is 2.04. The molecule has 0 unspecified atom stereocenters. The van der Waals surface area contributed by atoms with Crippen LogP contribution in [0, 0.1) is 11.8 Å².